The zero-order valence-corrected chi connectivity index (χ0v) is 15.3. The van der Waals surface area contributed by atoms with Crippen molar-refractivity contribution in [3.05, 3.63) is 71.5 Å². The van der Waals surface area contributed by atoms with E-state index in [0.29, 0.717) is 0 Å². The van der Waals surface area contributed by atoms with Crippen molar-refractivity contribution < 1.29 is 4.79 Å². The fourth-order valence-electron chi connectivity index (χ4n) is 3.09. The number of hydrogen-bond acceptors (Lipinski definition) is 4. The van der Waals surface area contributed by atoms with Crippen LogP contribution in [0.5, 0.6) is 0 Å². The molecule has 26 heavy (non-hydrogen) atoms. The van der Waals surface area contributed by atoms with Crippen LogP contribution in [0.4, 0.5) is 5.69 Å². The largest absolute Gasteiger partial charge is 0.329 e. The highest BCUT2D eigenvalue weighted by Gasteiger charge is 2.17. The van der Waals surface area contributed by atoms with Crippen LogP contribution < -0.4 is 10.6 Å². The first-order valence-corrected chi connectivity index (χ1v) is 9.40. The van der Waals surface area contributed by atoms with Gasteiger partial charge < -0.3 is 15.2 Å². The summed E-state index contributed by atoms with van der Waals surface area (Å²) in [6, 6.07) is 13.8. The van der Waals surface area contributed by atoms with Crippen LogP contribution >= 0.6 is 11.8 Å². The van der Waals surface area contributed by atoms with Crippen LogP contribution in [-0.4, -0.2) is 22.0 Å². The Bertz CT molecular complexity index is 933. The number of carbonyl (C=O) groups excluding carboxylic acids is 1. The van der Waals surface area contributed by atoms with E-state index in [0.717, 1.165) is 46.4 Å². The zero-order valence-electron chi connectivity index (χ0n) is 14.5. The van der Waals surface area contributed by atoms with Crippen molar-refractivity contribution in [2.45, 2.75) is 23.0 Å². The molecular weight excluding hydrogens is 344 g/mol. The van der Waals surface area contributed by atoms with E-state index in [-0.39, 0.29) is 5.91 Å². The zero-order chi connectivity index (χ0) is 17.9. The number of aromatic nitrogens is 2. The molecule has 0 bridgehead atoms. The van der Waals surface area contributed by atoms with E-state index >= 15 is 0 Å². The van der Waals surface area contributed by atoms with Gasteiger partial charge in [-0.15, -0.1) is 0 Å². The molecule has 6 heteroatoms. The standard InChI is InChI=1S/C20H20N4OS/c1-24-12-11-22-20(24)26-16-7-5-15(6-8-16)23-19(25)17-4-2-3-14-9-10-21-13-18(14)17/h2-8,11-12,21H,9-10,13H2,1H3,(H,23,25). The first kappa shape index (κ1) is 16.9. The molecule has 0 radical (unpaired) electrons. The predicted molar refractivity (Wildman–Crippen MR) is 104 cm³/mol. The van der Waals surface area contributed by atoms with Gasteiger partial charge in [-0.05, 0) is 54.4 Å². The maximum Gasteiger partial charge on any atom is 0.255 e. The number of benzene rings is 2. The Labute approximate surface area is 156 Å². The maximum absolute atomic E-state index is 12.7. The first-order chi connectivity index (χ1) is 12.7. The van der Waals surface area contributed by atoms with Gasteiger partial charge in [-0.1, -0.05) is 23.9 Å². The number of carbonyl (C=O) groups is 1. The van der Waals surface area contributed by atoms with E-state index < -0.39 is 0 Å². The average molecular weight is 364 g/mol. The van der Waals surface area contributed by atoms with Gasteiger partial charge in [-0.2, -0.15) is 0 Å². The van der Waals surface area contributed by atoms with Gasteiger partial charge in [0.1, 0.15) is 0 Å². The smallest absolute Gasteiger partial charge is 0.255 e. The summed E-state index contributed by atoms with van der Waals surface area (Å²) in [5, 5.41) is 7.29. The van der Waals surface area contributed by atoms with Crippen molar-refractivity contribution in [1.29, 1.82) is 0 Å². The molecule has 1 aliphatic rings. The van der Waals surface area contributed by atoms with E-state index in [1.165, 1.54) is 5.56 Å². The van der Waals surface area contributed by atoms with Gasteiger partial charge in [0.25, 0.3) is 5.91 Å². The van der Waals surface area contributed by atoms with Crippen molar-refractivity contribution >= 4 is 23.4 Å². The van der Waals surface area contributed by atoms with Gasteiger partial charge in [0.05, 0.1) is 0 Å². The molecule has 0 unspecified atom stereocenters. The molecule has 4 rings (SSSR count). The number of imidazole rings is 1. The molecule has 3 aromatic rings. The van der Waals surface area contributed by atoms with Gasteiger partial charge in [0.2, 0.25) is 0 Å². The predicted octanol–water partition coefficient (Wildman–Crippen LogP) is 3.47. The SMILES string of the molecule is Cn1ccnc1Sc1ccc(NC(=O)c2cccc3c2CNCC3)cc1. The number of nitrogens with one attached hydrogen (secondary N) is 2. The topological polar surface area (TPSA) is 59.0 Å². The molecule has 0 aliphatic carbocycles. The minimum atomic E-state index is -0.0601. The number of aryl methyl sites for hydroxylation is 1. The van der Waals surface area contributed by atoms with Gasteiger partial charge >= 0.3 is 0 Å². The summed E-state index contributed by atoms with van der Waals surface area (Å²) >= 11 is 1.59. The van der Waals surface area contributed by atoms with Crippen LogP contribution in [0, 0.1) is 0 Å². The Kier molecular flexibility index (Phi) is 4.77. The number of hydrogen-bond donors (Lipinski definition) is 2. The Hall–Kier alpha value is -2.57. The molecule has 5 nitrogen and oxygen atoms in total. The van der Waals surface area contributed by atoms with E-state index in [9.17, 15) is 4.79 Å². The van der Waals surface area contributed by atoms with Gasteiger partial charge in [0.15, 0.2) is 5.16 Å². The van der Waals surface area contributed by atoms with Gasteiger partial charge in [-0.3, -0.25) is 4.79 Å². The van der Waals surface area contributed by atoms with Crippen LogP contribution in [0.3, 0.4) is 0 Å². The summed E-state index contributed by atoms with van der Waals surface area (Å²) in [4.78, 5) is 18.1. The van der Waals surface area contributed by atoms with Crippen LogP contribution in [0.2, 0.25) is 0 Å². The first-order valence-electron chi connectivity index (χ1n) is 8.59. The normalized spacial score (nSPS) is 13.3. The number of fused-ring (bicyclic) bond motifs is 1. The van der Waals surface area contributed by atoms with Crippen molar-refractivity contribution in [3.8, 4) is 0 Å². The van der Waals surface area contributed by atoms with Crippen molar-refractivity contribution in [2.24, 2.45) is 7.05 Å². The second-order valence-electron chi connectivity index (χ2n) is 6.27. The third kappa shape index (κ3) is 3.52. The van der Waals surface area contributed by atoms with E-state index in [1.54, 1.807) is 18.0 Å². The maximum atomic E-state index is 12.7. The Morgan fingerprint density at radius 3 is 2.85 bits per heavy atom. The molecule has 0 atom stereocenters. The molecule has 2 aromatic carbocycles. The lowest BCUT2D eigenvalue weighted by Gasteiger charge is -2.20. The summed E-state index contributed by atoms with van der Waals surface area (Å²) in [6.07, 6.45) is 4.67. The summed E-state index contributed by atoms with van der Waals surface area (Å²) in [5.41, 5.74) is 3.91. The third-order valence-electron chi connectivity index (χ3n) is 4.49. The Morgan fingerprint density at radius 2 is 2.08 bits per heavy atom. The molecule has 0 saturated carbocycles. The van der Waals surface area contributed by atoms with Crippen molar-refractivity contribution in [2.75, 3.05) is 11.9 Å². The lowest BCUT2D eigenvalue weighted by atomic mass is 9.95. The molecule has 0 saturated heterocycles. The van der Waals surface area contributed by atoms with E-state index in [1.807, 2.05) is 54.2 Å². The molecule has 132 valence electrons. The van der Waals surface area contributed by atoms with Crippen molar-refractivity contribution in [3.63, 3.8) is 0 Å². The average Bonchev–Trinajstić information content (AvgIpc) is 3.07. The van der Waals surface area contributed by atoms with Crippen LogP contribution in [-0.2, 0) is 20.0 Å². The molecule has 1 amide bonds. The lowest BCUT2D eigenvalue weighted by Crippen LogP contribution is -2.27. The highest BCUT2D eigenvalue weighted by Crippen LogP contribution is 2.27. The quantitative estimate of drug-likeness (QED) is 0.744. The molecule has 0 fully saturated rings. The third-order valence-corrected chi connectivity index (χ3v) is 5.57. The summed E-state index contributed by atoms with van der Waals surface area (Å²) in [7, 11) is 1.97. The van der Waals surface area contributed by atoms with Crippen LogP contribution in [0.15, 0.2) is 64.9 Å². The Morgan fingerprint density at radius 1 is 1.23 bits per heavy atom. The molecule has 1 aliphatic heterocycles. The van der Waals surface area contributed by atoms with E-state index in [2.05, 4.69) is 21.7 Å². The second-order valence-corrected chi connectivity index (χ2v) is 7.31. The lowest BCUT2D eigenvalue weighted by molar-refractivity contribution is 0.102. The minimum Gasteiger partial charge on any atom is -0.329 e. The van der Waals surface area contributed by atoms with Gasteiger partial charge in [0, 0.05) is 42.1 Å². The second kappa shape index (κ2) is 7.35. The highest BCUT2D eigenvalue weighted by molar-refractivity contribution is 7.99. The molecule has 2 heterocycles. The number of anilines is 1. The molecule has 1 aromatic heterocycles. The molecule has 2 N–H and O–H groups in total. The fraction of sp³-hybridized carbons (Fsp3) is 0.200. The van der Waals surface area contributed by atoms with Gasteiger partial charge in [-0.25, -0.2) is 4.98 Å². The number of amides is 1. The highest BCUT2D eigenvalue weighted by atomic mass is 32.2. The summed E-state index contributed by atoms with van der Waals surface area (Å²) in [5.74, 6) is -0.0601. The number of rotatable bonds is 4. The molecular formula is C20H20N4OS. The van der Waals surface area contributed by atoms with Crippen LogP contribution in [0.25, 0.3) is 0 Å². The van der Waals surface area contributed by atoms with Crippen LogP contribution in [0.1, 0.15) is 21.5 Å². The Balaban J connectivity index is 1.48. The summed E-state index contributed by atoms with van der Waals surface area (Å²) < 4.78 is 1.98. The van der Waals surface area contributed by atoms with Crippen molar-refractivity contribution in [1.82, 2.24) is 14.9 Å². The fourth-order valence-corrected chi connectivity index (χ4v) is 3.89. The minimum absolute atomic E-state index is 0.0601. The van der Waals surface area contributed by atoms with E-state index in [4.69, 9.17) is 0 Å². The summed E-state index contributed by atoms with van der Waals surface area (Å²) in [6.45, 7) is 1.71. The number of nitrogens with zero attached hydrogens (tertiary/aromatic N) is 2. The molecule has 0 spiro atoms. The monoisotopic (exact) mass is 364 g/mol.